The number of hydrogen-bond donors (Lipinski definition) is 1. The largest absolute Gasteiger partial charge is 0.328 e. The number of aromatic nitrogens is 2. The van der Waals surface area contributed by atoms with Gasteiger partial charge < -0.3 is 9.55 Å². The number of H-pyrrole nitrogens is 1. The Hall–Kier alpha value is -1.16. The maximum Gasteiger partial charge on any atom is 0.178 e. The first kappa shape index (κ1) is 9.09. The molecule has 1 fully saturated rings. The predicted octanol–water partition coefficient (Wildman–Crippen LogP) is 3.56. The Morgan fingerprint density at radius 3 is 2.87 bits per heavy atom. The van der Waals surface area contributed by atoms with Crippen molar-refractivity contribution in [1.82, 2.24) is 9.55 Å². The van der Waals surface area contributed by atoms with Gasteiger partial charge in [0.25, 0.3) is 0 Å². The topological polar surface area (TPSA) is 20.7 Å². The Labute approximate surface area is 91.7 Å². The molecule has 2 aromatic rings. The molecule has 2 nitrogen and oxygen atoms in total. The van der Waals surface area contributed by atoms with Crippen LogP contribution in [-0.4, -0.2) is 9.55 Å². The molecular formula is C11H11FN2S. The van der Waals surface area contributed by atoms with E-state index in [-0.39, 0.29) is 5.82 Å². The summed E-state index contributed by atoms with van der Waals surface area (Å²) in [5.41, 5.74) is 1.43. The quantitative estimate of drug-likeness (QED) is 0.732. The van der Waals surface area contributed by atoms with Crippen molar-refractivity contribution in [3.05, 3.63) is 28.8 Å². The van der Waals surface area contributed by atoms with E-state index in [1.165, 1.54) is 12.5 Å². The molecule has 4 heteroatoms. The molecule has 1 aromatic carbocycles. The molecule has 1 aliphatic rings. The van der Waals surface area contributed by atoms with Gasteiger partial charge in [0.1, 0.15) is 11.3 Å². The fourth-order valence-electron chi connectivity index (χ4n) is 2.12. The van der Waals surface area contributed by atoms with Gasteiger partial charge in [-0.2, -0.15) is 0 Å². The lowest BCUT2D eigenvalue weighted by Crippen LogP contribution is -2.16. The second kappa shape index (κ2) is 3.17. The molecule has 3 rings (SSSR count). The summed E-state index contributed by atoms with van der Waals surface area (Å²) in [4.78, 5) is 2.95. The molecule has 0 spiro atoms. The summed E-state index contributed by atoms with van der Waals surface area (Å²) in [6.07, 6.45) is 3.55. The van der Waals surface area contributed by atoms with Crippen LogP contribution < -0.4 is 0 Å². The molecule has 0 radical (unpaired) electrons. The average molecular weight is 222 g/mol. The van der Waals surface area contributed by atoms with E-state index in [1.54, 1.807) is 6.07 Å². The fraction of sp³-hybridized carbons (Fsp3) is 0.364. The lowest BCUT2D eigenvalue weighted by molar-refractivity contribution is 0.318. The number of benzene rings is 1. The Balaban J connectivity index is 2.32. The lowest BCUT2D eigenvalue weighted by Gasteiger charge is -2.27. The fourth-order valence-corrected chi connectivity index (χ4v) is 2.47. The molecule has 0 aliphatic heterocycles. The third kappa shape index (κ3) is 1.24. The first-order valence-corrected chi connectivity index (χ1v) is 5.57. The number of hydrogen-bond acceptors (Lipinski definition) is 1. The number of halogens is 1. The van der Waals surface area contributed by atoms with Crippen molar-refractivity contribution in [1.29, 1.82) is 0 Å². The van der Waals surface area contributed by atoms with Gasteiger partial charge in [0.05, 0.1) is 5.52 Å². The molecule has 0 bridgehead atoms. The van der Waals surface area contributed by atoms with Gasteiger partial charge in [-0.05, 0) is 43.6 Å². The third-order valence-electron chi connectivity index (χ3n) is 3.14. The minimum absolute atomic E-state index is 0.225. The van der Waals surface area contributed by atoms with E-state index in [2.05, 4.69) is 9.55 Å². The van der Waals surface area contributed by atoms with Crippen molar-refractivity contribution in [3.63, 3.8) is 0 Å². The van der Waals surface area contributed by atoms with E-state index in [0.29, 0.717) is 16.3 Å². The van der Waals surface area contributed by atoms with Crippen molar-refractivity contribution >= 4 is 23.3 Å². The Kier molecular flexibility index (Phi) is 1.92. The molecule has 1 N–H and O–H groups in total. The average Bonchev–Trinajstić information content (AvgIpc) is 2.44. The highest BCUT2D eigenvalue weighted by Gasteiger charge is 2.22. The number of nitrogens with one attached hydrogen (secondary N) is 1. The van der Waals surface area contributed by atoms with Crippen LogP contribution in [0.25, 0.3) is 11.0 Å². The summed E-state index contributed by atoms with van der Waals surface area (Å²) in [6, 6.07) is 5.57. The lowest BCUT2D eigenvalue weighted by atomic mass is 9.93. The van der Waals surface area contributed by atoms with Gasteiger partial charge in [0.15, 0.2) is 4.77 Å². The van der Waals surface area contributed by atoms with Gasteiger partial charge in [0, 0.05) is 6.04 Å². The van der Waals surface area contributed by atoms with Gasteiger partial charge in [0.2, 0.25) is 0 Å². The molecule has 78 valence electrons. The molecule has 1 saturated carbocycles. The molecule has 0 atom stereocenters. The van der Waals surface area contributed by atoms with Crippen LogP contribution in [0.1, 0.15) is 25.3 Å². The van der Waals surface area contributed by atoms with E-state index in [9.17, 15) is 4.39 Å². The number of para-hydroxylation sites is 1. The zero-order chi connectivity index (χ0) is 10.4. The van der Waals surface area contributed by atoms with Crippen molar-refractivity contribution in [3.8, 4) is 0 Å². The summed E-state index contributed by atoms with van der Waals surface area (Å²) in [5.74, 6) is -0.225. The highest BCUT2D eigenvalue weighted by atomic mass is 32.1. The summed E-state index contributed by atoms with van der Waals surface area (Å²) in [6.45, 7) is 0. The monoisotopic (exact) mass is 222 g/mol. The summed E-state index contributed by atoms with van der Waals surface area (Å²) in [5, 5.41) is 0. The molecule has 1 aliphatic carbocycles. The number of rotatable bonds is 1. The molecule has 1 heterocycles. The van der Waals surface area contributed by atoms with Crippen molar-refractivity contribution < 1.29 is 4.39 Å². The minimum Gasteiger partial charge on any atom is -0.328 e. The third-order valence-corrected chi connectivity index (χ3v) is 3.44. The Morgan fingerprint density at radius 2 is 2.20 bits per heavy atom. The highest BCUT2D eigenvalue weighted by Crippen LogP contribution is 2.34. The van der Waals surface area contributed by atoms with E-state index < -0.39 is 0 Å². The van der Waals surface area contributed by atoms with Crippen LogP contribution in [0.3, 0.4) is 0 Å². The van der Waals surface area contributed by atoms with Crippen LogP contribution in [-0.2, 0) is 0 Å². The van der Waals surface area contributed by atoms with Gasteiger partial charge >= 0.3 is 0 Å². The molecule has 0 saturated heterocycles. The van der Waals surface area contributed by atoms with Crippen molar-refractivity contribution in [2.45, 2.75) is 25.3 Å². The molecule has 0 amide bonds. The van der Waals surface area contributed by atoms with Gasteiger partial charge in [-0.25, -0.2) is 4.39 Å². The van der Waals surface area contributed by atoms with Gasteiger partial charge in [-0.15, -0.1) is 0 Å². The highest BCUT2D eigenvalue weighted by molar-refractivity contribution is 7.71. The predicted molar refractivity (Wildman–Crippen MR) is 60.0 cm³/mol. The van der Waals surface area contributed by atoms with Crippen molar-refractivity contribution in [2.24, 2.45) is 0 Å². The first-order chi connectivity index (χ1) is 7.27. The van der Waals surface area contributed by atoms with Crippen LogP contribution in [0.4, 0.5) is 4.39 Å². The Bertz CT molecular complexity index is 565. The minimum atomic E-state index is -0.225. The summed E-state index contributed by atoms with van der Waals surface area (Å²) >= 11 is 5.23. The molecular weight excluding hydrogens is 211 g/mol. The van der Waals surface area contributed by atoms with Gasteiger partial charge in [-0.1, -0.05) is 6.07 Å². The summed E-state index contributed by atoms with van der Waals surface area (Å²) in [7, 11) is 0. The second-order valence-electron chi connectivity index (χ2n) is 4.02. The number of fused-ring (bicyclic) bond motifs is 1. The van der Waals surface area contributed by atoms with Crippen LogP contribution in [0.5, 0.6) is 0 Å². The zero-order valence-electron chi connectivity index (χ0n) is 8.16. The first-order valence-electron chi connectivity index (χ1n) is 5.16. The van der Waals surface area contributed by atoms with Gasteiger partial charge in [-0.3, -0.25) is 0 Å². The van der Waals surface area contributed by atoms with Crippen molar-refractivity contribution in [2.75, 3.05) is 0 Å². The number of imidazole rings is 1. The molecule has 1 aromatic heterocycles. The van der Waals surface area contributed by atoms with E-state index >= 15 is 0 Å². The number of aromatic amines is 1. The zero-order valence-corrected chi connectivity index (χ0v) is 8.98. The molecule has 15 heavy (non-hydrogen) atoms. The SMILES string of the molecule is Fc1cccc2c1[nH]c(=S)n2C1CCC1. The van der Waals surface area contributed by atoms with Crippen LogP contribution in [0.15, 0.2) is 18.2 Å². The van der Waals surface area contributed by atoms with Crippen LogP contribution >= 0.6 is 12.2 Å². The standard InChI is InChI=1S/C11H11FN2S/c12-8-5-2-6-9-10(8)13-11(15)14(9)7-3-1-4-7/h2,5-7H,1,3-4H2,(H,13,15). The molecule has 0 unspecified atom stereocenters. The van der Waals surface area contributed by atoms with Crippen LogP contribution in [0, 0.1) is 10.6 Å². The van der Waals surface area contributed by atoms with E-state index in [0.717, 1.165) is 18.4 Å². The van der Waals surface area contributed by atoms with Crippen LogP contribution in [0.2, 0.25) is 0 Å². The van der Waals surface area contributed by atoms with E-state index in [1.807, 2.05) is 6.07 Å². The normalized spacial score (nSPS) is 16.9. The second-order valence-corrected chi connectivity index (χ2v) is 4.41. The number of nitrogens with zero attached hydrogens (tertiary/aromatic N) is 1. The maximum absolute atomic E-state index is 13.5. The Morgan fingerprint density at radius 1 is 1.40 bits per heavy atom. The smallest absolute Gasteiger partial charge is 0.178 e. The van der Waals surface area contributed by atoms with E-state index in [4.69, 9.17) is 12.2 Å². The maximum atomic E-state index is 13.5. The summed E-state index contributed by atoms with van der Waals surface area (Å²) < 4.78 is 16.2.